The van der Waals surface area contributed by atoms with Crippen LogP contribution in [0.25, 0.3) is 10.9 Å². The molecule has 8 nitrogen and oxygen atoms in total. The molecule has 1 atom stereocenters. The molecule has 0 unspecified atom stereocenters. The lowest BCUT2D eigenvalue weighted by molar-refractivity contribution is -0.386. The molecule has 0 saturated heterocycles. The van der Waals surface area contributed by atoms with E-state index in [9.17, 15) is 14.9 Å². The Labute approximate surface area is 234 Å². The van der Waals surface area contributed by atoms with Crippen LogP contribution in [0.1, 0.15) is 43.1 Å². The minimum Gasteiger partial charge on any atom is -0.481 e. The fourth-order valence-electron chi connectivity index (χ4n) is 3.65. The minimum atomic E-state index is -0.532. The van der Waals surface area contributed by atoms with Crippen LogP contribution in [-0.2, 0) is 6.61 Å². The van der Waals surface area contributed by atoms with Crippen LogP contribution in [0.3, 0.4) is 0 Å². The van der Waals surface area contributed by atoms with Gasteiger partial charge in [0.1, 0.15) is 12.4 Å². The maximum absolute atomic E-state index is 13.4. The summed E-state index contributed by atoms with van der Waals surface area (Å²) in [6.45, 7) is 3.96. The molecule has 4 aromatic rings. The third-order valence-electron chi connectivity index (χ3n) is 5.79. The van der Waals surface area contributed by atoms with Gasteiger partial charge in [-0.3, -0.25) is 14.9 Å². The number of aromatic nitrogens is 2. The average Bonchev–Trinajstić information content (AvgIpc) is 2.87. The predicted molar refractivity (Wildman–Crippen MR) is 152 cm³/mol. The Morgan fingerprint density at radius 3 is 2.65 bits per heavy atom. The molecule has 0 spiro atoms. The largest absolute Gasteiger partial charge is 0.481 e. The molecule has 0 aliphatic carbocycles. The van der Waals surface area contributed by atoms with E-state index in [0.717, 1.165) is 10.9 Å². The lowest BCUT2D eigenvalue weighted by Crippen LogP contribution is -2.23. The van der Waals surface area contributed by atoms with Crippen molar-refractivity contribution < 1.29 is 9.66 Å². The summed E-state index contributed by atoms with van der Waals surface area (Å²) < 4.78 is 8.35. The fourth-order valence-corrected chi connectivity index (χ4v) is 4.67. The van der Waals surface area contributed by atoms with Crippen LogP contribution in [0.2, 0.25) is 5.02 Å². The Kier molecular flexibility index (Phi) is 8.41. The van der Waals surface area contributed by atoms with Crippen LogP contribution in [0.15, 0.2) is 73.4 Å². The summed E-state index contributed by atoms with van der Waals surface area (Å²) in [4.78, 5) is 29.5. The van der Waals surface area contributed by atoms with E-state index in [2.05, 4.69) is 37.0 Å². The Bertz CT molecular complexity index is 1590. The molecular formula is C26H21Br2ClN4O4. The molecule has 0 saturated carbocycles. The topological polar surface area (TPSA) is 99.6 Å². The Balaban J connectivity index is 1.85. The maximum atomic E-state index is 13.4. The van der Waals surface area contributed by atoms with E-state index in [1.807, 2.05) is 19.9 Å². The van der Waals surface area contributed by atoms with Crippen LogP contribution in [0, 0.1) is 10.1 Å². The van der Waals surface area contributed by atoms with Crippen molar-refractivity contribution in [2.45, 2.75) is 32.8 Å². The van der Waals surface area contributed by atoms with Crippen molar-refractivity contribution in [2.75, 3.05) is 0 Å². The van der Waals surface area contributed by atoms with Gasteiger partial charge in [-0.15, -0.1) is 0 Å². The van der Waals surface area contributed by atoms with Crippen molar-refractivity contribution in [3.8, 4) is 5.75 Å². The third-order valence-corrected chi connectivity index (χ3v) is 7.11. The van der Waals surface area contributed by atoms with E-state index >= 15 is 0 Å². The zero-order valence-electron chi connectivity index (χ0n) is 19.8. The normalized spacial score (nSPS) is 12.2. The number of nitro groups is 1. The second-order valence-corrected chi connectivity index (χ2v) is 10.5. The first-order valence-corrected chi connectivity index (χ1v) is 13.3. The molecule has 190 valence electrons. The van der Waals surface area contributed by atoms with E-state index < -0.39 is 4.92 Å². The number of benzene rings is 3. The summed E-state index contributed by atoms with van der Waals surface area (Å²) in [5.41, 5.74) is 0.948. The van der Waals surface area contributed by atoms with E-state index in [-0.39, 0.29) is 29.5 Å². The molecular weight excluding hydrogens is 628 g/mol. The number of nitrogens with zero attached hydrogens (tertiary/aromatic N) is 4. The molecule has 37 heavy (non-hydrogen) atoms. The first-order valence-electron chi connectivity index (χ1n) is 11.3. The van der Waals surface area contributed by atoms with E-state index in [1.165, 1.54) is 17.0 Å². The first kappa shape index (κ1) is 27.0. The first-order chi connectivity index (χ1) is 17.7. The fraction of sp³-hybridized carbons (Fsp3) is 0.192. The van der Waals surface area contributed by atoms with Gasteiger partial charge in [0, 0.05) is 37.1 Å². The number of fused-ring (bicyclic) bond motifs is 1. The van der Waals surface area contributed by atoms with Gasteiger partial charge in [0.2, 0.25) is 5.75 Å². The molecule has 11 heteroatoms. The highest BCUT2D eigenvalue weighted by Gasteiger charge is 2.22. The van der Waals surface area contributed by atoms with Crippen molar-refractivity contribution in [3.63, 3.8) is 0 Å². The monoisotopic (exact) mass is 646 g/mol. The molecule has 3 aromatic carbocycles. The molecule has 0 bridgehead atoms. The summed E-state index contributed by atoms with van der Waals surface area (Å²) in [7, 11) is 0. The number of rotatable bonds is 8. The van der Waals surface area contributed by atoms with E-state index in [0.29, 0.717) is 37.3 Å². The lowest BCUT2D eigenvalue weighted by Gasteiger charge is -2.14. The summed E-state index contributed by atoms with van der Waals surface area (Å²) in [5.74, 6) is 0.429. The van der Waals surface area contributed by atoms with E-state index in [1.54, 1.807) is 42.5 Å². The molecule has 1 heterocycles. The number of halogens is 3. The quantitative estimate of drug-likeness (QED) is 0.112. The van der Waals surface area contributed by atoms with Crippen LogP contribution in [0.5, 0.6) is 5.75 Å². The van der Waals surface area contributed by atoms with E-state index in [4.69, 9.17) is 21.3 Å². The molecule has 0 radical (unpaired) electrons. The summed E-state index contributed by atoms with van der Waals surface area (Å²) >= 11 is 13.0. The van der Waals surface area contributed by atoms with Crippen LogP contribution in [0.4, 0.5) is 5.69 Å². The second kappa shape index (κ2) is 11.5. The van der Waals surface area contributed by atoms with Crippen molar-refractivity contribution >= 4 is 66.3 Å². The van der Waals surface area contributed by atoms with Gasteiger partial charge in [-0.25, -0.2) is 4.98 Å². The lowest BCUT2D eigenvalue weighted by atomic mass is 10.1. The SMILES string of the molecule is CC[C@@H](C)c1nc2ccc(Br)cc2c(=O)n1N=Cc1cc(Br)cc([N+](=O)[O-])c1OCc1ccccc1Cl. The van der Waals surface area contributed by atoms with Crippen molar-refractivity contribution in [3.05, 3.63) is 106 Å². The molecule has 1 aromatic heterocycles. The second-order valence-electron chi connectivity index (χ2n) is 8.28. The standard InChI is InChI=1S/C26H21Br2ClN4O4/c1-3-15(2)25-31-22-9-8-18(27)11-20(22)26(34)32(25)30-13-17-10-19(28)12-23(33(35)36)24(17)37-14-16-6-4-5-7-21(16)29/h4-13,15H,3,14H2,1-2H3/t15-/m1/s1. The van der Waals surface area contributed by atoms with Gasteiger partial charge in [-0.05, 0) is 36.8 Å². The van der Waals surface area contributed by atoms with Crippen molar-refractivity contribution in [2.24, 2.45) is 5.10 Å². The highest BCUT2D eigenvalue weighted by atomic mass is 79.9. The van der Waals surface area contributed by atoms with Gasteiger partial charge >= 0.3 is 5.69 Å². The summed E-state index contributed by atoms with van der Waals surface area (Å²) in [6, 6.07) is 15.4. The summed E-state index contributed by atoms with van der Waals surface area (Å²) in [5, 5.41) is 17.2. The predicted octanol–water partition coefficient (Wildman–Crippen LogP) is 7.46. The Morgan fingerprint density at radius 2 is 1.95 bits per heavy atom. The number of hydrogen-bond donors (Lipinski definition) is 0. The highest BCUT2D eigenvalue weighted by Crippen LogP contribution is 2.35. The third kappa shape index (κ3) is 5.92. The molecule has 0 fully saturated rings. The zero-order valence-corrected chi connectivity index (χ0v) is 23.7. The highest BCUT2D eigenvalue weighted by molar-refractivity contribution is 9.10. The number of ether oxygens (including phenoxy) is 1. The summed E-state index contributed by atoms with van der Waals surface area (Å²) in [6.07, 6.45) is 2.11. The molecule has 4 rings (SSSR count). The number of hydrogen-bond acceptors (Lipinski definition) is 6. The van der Waals surface area contributed by atoms with Crippen LogP contribution >= 0.6 is 43.5 Å². The maximum Gasteiger partial charge on any atom is 0.312 e. The zero-order chi connectivity index (χ0) is 26.7. The van der Waals surface area contributed by atoms with Gasteiger partial charge in [-0.1, -0.05) is 75.5 Å². The van der Waals surface area contributed by atoms with Gasteiger partial charge in [0.05, 0.1) is 22.0 Å². The molecule has 0 aliphatic heterocycles. The molecule has 0 N–H and O–H groups in total. The van der Waals surface area contributed by atoms with Gasteiger partial charge in [-0.2, -0.15) is 9.78 Å². The molecule has 0 aliphatic rings. The van der Waals surface area contributed by atoms with Gasteiger partial charge in [0.15, 0.2) is 0 Å². The Hall–Kier alpha value is -3.08. The number of nitro benzene ring substituents is 1. The van der Waals surface area contributed by atoms with Gasteiger partial charge < -0.3 is 4.74 Å². The van der Waals surface area contributed by atoms with Crippen molar-refractivity contribution in [1.29, 1.82) is 0 Å². The Morgan fingerprint density at radius 1 is 1.19 bits per heavy atom. The smallest absolute Gasteiger partial charge is 0.312 e. The van der Waals surface area contributed by atoms with Crippen molar-refractivity contribution in [1.82, 2.24) is 9.66 Å². The minimum absolute atomic E-state index is 0.00602. The van der Waals surface area contributed by atoms with Crippen LogP contribution in [-0.4, -0.2) is 20.8 Å². The van der Waals surface area contributed by atoms with Crippen LogP contribution < -0.4 is 10.3 Å². The average molecular weight is 649 g/mol. The molecule has 0 amide bonds. The van der Waals surface area contributed by atoms with Gasteiger partial charge in [0.25, 0.3) is 5.56 Å².